The maximum atomic E-state index is 13.1. The van der Waals surface area contributed by atoms with Crippen LogP contribution in [-0.4, -0.2) is 4.37 Å². The van der Waals surface area contributed by atoms with E-state index in [9.17, 15) is 8.78 Å². The predicted octanol–water partition coefficient (Wildman–Crippen LogP) is 4.68. The molecule has 0 fully saturated rings. The van der Waals surface area contributed by atoms with Crippen LogP contribution in [0.15, 0.2) is 36.5 Å². The average Bonchev–Trinajstić information content (AvgIpc) is 2.80. The van der Waals surface area contributed by atoms with Crippen molar-refractivity contribution in [3.63, 3.8) is 0 Å². The lowest BCUT2D eigenvalue weighted by atomic mass is 10.2. The Hall–Kier alpha value is -2.01. The number of benzene rings is 2. The molecule has 3 aromatic rings. The van der Waals surface area contributed by atoms with Crippen molar-refractivity contribution in [2.75, 3.05) is 0 Å². The highest BCUT2D eigenvalue weighted by molar-refractivity contribution is 7.13. The summed E-state index contributed by atoms with van der Waals surface area (Å²) in [6, 6.07) is 6.76. The minimum absolute atomic E-state index is 0.143. The van der Waals surface area contributed by atoms with Crippen LogP contribution in [0.2, 0.25) is 0 Å². The first-order valence-corrected chi connectivity index (χ1v) is 6.39. The van der Waals surface area contributed by atoms with Gasteiger partial charge >= 0.3 is 0 Å². The Morgan fingerprint density at radius 3 is 2.58 bits per heavy atom. The highest BCUT2D eigenvalue weighted by atomic mass is 32.1. The Morgan fingerprint density at radius 2 is 1.84 bits per heavy atom. The van der Waals surface area contributed by atoms with Crippen LogP contribution in [0.25, 0.3) is 10.1 Å². The highest BCUT2D eigenvalue weighted by Crippen LogP contribution is 2.33. The van der Waals surface area contributed by atoms with Gasteiger partial charge in [0.25, 0.3) is 0 Å². The van der Waals surface area contributed by atoms with Crippen molar-refractivity contribution in [2.45, 2.75) is 6.92 Å². The number of nitrogens with zero attached hydrogens (tertiary/aromatic N) is 1. The van der Waals surface area contributed by atoms with E-state index in [0.717, 1.165) is 33.8 Å². The quantitative estimate of drug-likeness (QED) is 0.678. The highest BCUT2D eigenvalue weighted by Gasteiger charge is 2.09. The second-order valence-electron chi connectivity index (χ2n) is 4.14. The predicted molar refractivity (Wildman–Crippen MR) is 70.8 cm³/mol. The zero-order valence-electron chi connectivity index (χ0n) is 9.98. The van der Waals surface area contributed by atoms with Crippen molar-refractivity contribution in [3.8, 4) is 11.5 Å². The molecule has 5 heteroatoms. The summed E-state index contributed by atoms with van der Waals surface area (Å²) in [4.78, 5) is 0. The van der Waals surface area contributed by atoms with Crippen molar-refractivity contribution in [2.24, 2.45) is 0 Å². The Labute approximate surface area is 112 Å². The topological polar surface area (TPSA) is 22.1 Å². The molecule has 96 valence electrons. The normalized spacial score (nSPS) is 10.9. The molecule has 0 unspecified atom stereocenters. The summed E-state index contributed by atoms with van der Waals surface area (Å²) in [5, 5.41) is 1.03. The van der Waals surface area contributed by atoms with Gasteiger partial charge in [0.2, 0.25) is 0 Å². The molecule has 0 atom stereocenters. The van der Waals surface area contributed by atoms with Gasteiger partial charge in [-0.3, -0.25) is 0 Å². The Balaban J connectivity index is 2.02. The monoisotopic (exact) mass is 277 g/mol. The van der Waals surface area contributed by atoms with Gasteiger partial charge < -0.3 is 4.74 Å². The largest absolute Gasteiger partial charge is 0.457 e. The van der Waals surface area contributed by atoms with Crippen molar-refractivity contribution in [3.05, 3.63) is 53.7 Å². The number of halogens is 2. The number of hydrogen-bond acceptors (Lipinski definition) is 3. The van der Waals surface area contributed by atoms with E-state index in [-0.39, 0.29) is 5.75 Å². The maximum Gasteiger partial charge on any atom is 0.133 e. The van der Waals surface area contributed by atoms with Gasteiger partial charge in [0.15, 0.2) is 0 Å². The third-order valence-electron chi connectivity index (χ3n) is 2.79. The summed E-state index contributed by atoms with van der Waals surface area (Å²) >= 11 is 1.37. The second-order valence-corrected chi connectivity index (χ2v) is 4.94. The van der Waals surface area contributed by atoms with Gasteiger partial charge in [-0.05, 0) is 30.6 Å². The molecule has 0 aliphatic heterocycles. The smallest absolute Gasteiger partial charge is 0.133 e. The van der Waals surface area contributed by atoms with Crippen LogP contribution in [0.4, 0.5) is 8.78 Å². The second kappa shape index (κ2) is 4.59. The minimum atomic E-state index is -0.661. The fourth-order valence-electron chi connectivity index (χ4n) is 1.88. The molecule has 3 rings (SSSR count). The zero-order chi connectivity index (χ0) is 13.4. The molecule has 2 aromatic carbocycles. The molecule has 1 aromatic heterocycles. The van der Waals surface area contributed by atoms with Crippen molar-refractivity contribution in [1.82, 2.24) is 4.37 Å². The molecule has 0 radical (unpaired) electrons. The van der Waals surface area contributed by atoms with Gasteiger partial charge in [-0.1, -0.05) is 0 Å². The van der Waals surface area contributed by atoms with E-state index in [4.69, 9.17) is 4.74 Å². The first-order chi connectivity index (χ1) is 9.13. The maximum absolute atomic E-state index is 13.1. The first-order valence-electron chi connectivity index (χ1n) is 5.61. The lowest BCUT2D eigenvalue weighted by Crippen LogP contribution is -1.90. The van der Waals surface area contributed by atoms with Crippen LogP contribution < -0.4 is 4.74 Å². The van der Waals surface area contributed by atoms with Gasteiger partial charge in [-0.2, -0.15) is 4.37 Å². The average molecular weight is 277 g/mol. The van der Waals surface area contributed by atoms with Gasteiger partial charge in [-0.25, -0.2) is 8.78 Å². The van der Waals surface area contributed by atoms with E-state index >= 15 is 0 Å². The molecule has 2 nitrogen and oxygen atoms in total. The van der Waals surface area contributed by atoms with Gasteiger partial charge in [0.05, 0.1) is 4.70 Å². The number of fused-ring (bicyclic) bond motifs is 1. The molecule has 0 saturated carbocycles. The minimum Gasteiger partial charge on any atom is -0.457 e. The SMILES string of the molecule is Cc1c(Oc2cc(F)cc(F)c2)ccc2cnsc12. The number of rotatable bonds is 2. The molecular formula is C14H9F2NOS. The summed E-state index contributed by atoms with van der Waals surface area (Å²) in [5.74, 6) is -0.607. The summed E-state index contributed by atoms with van der Waals surface area (Å²) in [6.07, 6.45) is 1.78. The van der Waals surface area contributed by atoms with E-state index in [1.54, 1.807) is 12.3 Å². The molecule has 0 N–H and O–H groups in total. The standard InChI is InChI=1S/C14H9F2NOS/c1-8-13(3-2-9-7-17-19-14(8)9)18-12-5-10(15)4-11(16)6-12/h2-7H,1H3. The Morgan fingerprint density at radius 1 is 1.11 bits per heavy atom. The van der Waals surface area contributed by atoms with Crippen molar-refractivity contribution < 1.29 is 13.5 Å². The van der Waals surface area contributed by atoms with E-state index in [0.29, 0.717) is 5.75 Å². The van der Waals surface area contributed by atoms with E-state index in [2.05, 4.69) is 4.37 Å². The van der Waals surface area contributed by atoms with Crippen LogP contribution in [0, 0.1) is 18.6 Å². The third-order valence-corrected chi connectivity index (χ3v) is 3.72. The van der Waals surface area contributed by atoms with Crippen molar-refractivity contribution >= 4 is 21.6 Å². The summed E-state index contributed by atoms with van der Waals surface area (Å²) in [6.45, 7) is 1.89. The summed E-state index contributed by atoms with van der Waals surface area (Å²) in [7, 11) is 0. The van der Waals surface area contributed by atoms with Crippen LogP contribution in [-0.2, 0) is 0 Å². The lowest BCUT2D eigenvalue weighted by molar-refractivity contribution is 0.466. The lowest BCUT2D eigenvalue weighted by Gasteiger charge is -2.09. The molecule has 0 bridgehead atoms. The van der Waals surface area contributed by atoms with Crippen LogP contribution in [0.5, 0.6) is 11.5 Å². The molecule has 1 heterocycles. The summed E-state index contributed by atoms with van der Waals surface area (Å²) in [5.41, 5.74) is 0.907. The van der Waals surface area contributed by atoms with Crippen LogP contribution in [0.1, 0.15) is 5.56 Å². The first kappa shape index (κ1) is 12.0. The number of aryl methyl sites for hydroxylation is 1. The van der Waals surface area contributed by atoms with E-state index in [1.165, 1.54) is 11.5 Å². The number of hydrogen-bond donors (Lipinski definition) is 0. The number of ether oxygens (including phenoxy) is 1. The van der Waals surface area contributed by atoms with Crippen LogP contribution >= 0.6 is 11.5 Å². The third kappa shape index (κ3) is 2.29. The van der Waals surface area contributed by atoms with Gasteiger partial charge in [0, 0.05) is 35.3 Å². The molecule has 0 saturated heterocycles. The Bertz CT molecular complexity index is 734. The molecule has 0 aliphatic rings. The van der Waals surface area contributed by atoms with Crippen LogP contribution in [0.3, 0.4) is 0 Å². The molecular weight excluding hydrogens is 268 g/mol. The molecule has 19 heavy (non-hydrogen) atoms. The van der Waals surface area contributed by atoms with E-state index in [1.807, 2.05) is 13.0 Å². The molecule has 0 aliphatic carbocycles. The number of aromatic nitrogens is 1. The fourth-order valence-corrected chi connectivity index (χ4v) is 2.61. The fraction of sp³-hybridized carbons (Fsp3) is 0.0714. The zero-order valence-corrected chi connectivity index (χ0v) is 10.8. The Kier molecular flexibility index (Phi) is 2.91. The van der Waals surface area contributed by atoms with Crippen molar-refractivity contribution in [1.29, 1.82) is 0 Å². The van der Waals surface area contributed by atoms with Gasteiger partial charge in [-0.15, -0.1) is 0 Å². The van der Waals surface area contributed by atoms with Gasteiger partial charge in [0.1, 0.15) is 23.1 Å². The molecule has 0 spiro atoms. The molecule has 0 amide bonds. The summed E-state index contributed by atoms with van der Waals surface area (Å²) < 4.78 is 36.9. The van der Waals surface area contributed by atoms with E-state index < -0.39 is 11.6 Å².